The van der Waals surface area contributed by atoms with Crippen LogP contribution in [-0.4, -0.2) is 50.3 Å². The van der Waals surface area contributed by atoms with Crippen molar-refractivity contribution in [1.29, 1.82) is 0 Å². The van der Waals surface area contributed by atoms with E-state index < -0.39 is 0 Å². The molecule has 3 nitrogen and oxygen atoms in total. The van der Waals surface area contributed by atoms with Crippen LogP contribution in [-0.2, 0) is 4.74 Å². The van der Waals surface area contributed by atoms with Crippen molar-refractivity contribution in [2.45, 2.75) is 59.5 Å². The molecule has 1 aliphatic heterocycles. The number of rotatable bonds is 9. The molecule has 0 radical (unpaired) electrons. The first-order valence-electron chi connectivity index (χ1n) is 8.18. The standard InChI is InChI=1S/C16H34N2O/c1-5-10-16(4,13-17-6-2)14-18-11-8-9-15(12-18)19-7-3/h15,17H,5-14H2,1-4H3. The van der Waals surface area contributed by atoms with Crippen LogP contribution in [0.2, 0.25) is 0 Å². The van der Waals surface area contributed by atoms with Gasteiger partial charge in [0.1, 0.15) is 0 Å². The quantitative estimate of drug-likeness (QED) is 0.697. The summed E-state index contributed by atoms with van der Waals surface area (Å²) >= 11 is 0. The lowest BCUT2D eigenvalue weighted by molar-refractivity contribution is -0.00605. The van der Waals surface area contributed by atoms with Crippen LogP contribution in [0.25, 0.3) is 0 Å². The third-order valence-corrected chi connectivity index (χ3v) is 4.13. The highest BCUT2D eigenvalue weighted by Gasteiger charge is 2.29. The van der Waals surface area contributed by atoms with Gasteiger partial charge in [-0.1, -0.05) is 27.2 Å². The number of nitrogens with one attached hydrogen (secondary N) is 1. The van der Waals surface area contributed by atoms with Gasteiger partial charge in [0.05, 0.1) is 6.10 Å². The van der Waals surface area contributed by atoms with Crippen LogP contribution >= 0.6 is 0 Å². The summed E-state index contributed by atoms with van der Waals surface area (Å²) in [5.41, 5.74) is 0.402. The van der Waals surface area contributed by atoms with Gasteiger partial charge in [-0.15, -0.1) is 0 Å². The topological polar surface area (TPSA) is 24.5 Å². The molecule has 19 heavy (non-hydrogen) atoms. The maximum Gasteiger partial charge on any atom is 0.0702 e. The first-order chi connectivity index (χ1) is 9.13. The van der Waals surface area contributed by atoms with Gasteiger partial charge >= 0.3 is 0 Å². The van der Waals surface area contributed by atoms with Gasteiger partial charge < -0.3 is 15.0 Å². The van der Waals surface area contributed by atoms with E-state index in [1.54, 1.807) is 0 Å². The van der Waals surface area contributed by atoms with Crippen molar-refractivity contribution in [2.75, 3.05) is 39.3 Å². The smallest absolute Gasteiger partial charge is 0.0702 e. The second-order valence-corrected chi connectivity index (χ2v) is 6.30. The molecule has 2 atom stereocenters. The molecule has 0 spiro atoms. The summed E-state index contributed by atoms with van der Waals surface area (Å²) in [6.07, 6.45) is 5.56. The maximum atomic E-state index is 5.81. The number of nitrogens with zero attached hydrogens (tertiary/aromatic N) is 1. The molecule has 0 bridgehead atoms. The fourth-order valence-corrected chi connectivity index (χ4v) is 3.32. The minimum Gasteiger partial charge on any atom is -0.377 e. The van der Waals surface area contributed by atoms with Crippen molar-refractivity contribution >= 4 is 0 Å². The zero-order chi connectivity index (χ0) is 14.1. The van der Waals surface area contributed by atoms with Crippen LogP contribution in [0.4, 0.5) is 0 Å². The van der Waals surface area contributed by atoms with Crippen molar-refractivity contribution in [3.8, 4) is 0 Å². The molecule has 1 rings (SSSR count). The van der Waals surface area contributed by atoms with E-state index in [0.29, 0.717) is 11.5 Å². The molecule has 1 N–H and O–H groups in total. The van der Waals surface area contributed by atoms with Crippen molar-refractivity contribution in [1.82, 2.24) is 10.2 Å². The van der Waals surface area contributed by atoms with Gasteiger partial charge in [0.2, 0.25) is 0 Å². The fraction of sp³-hybridized carbons (Fsp3) is 1.00. The molecule has 2 unspecified atom stereocenters. The number of likely N-dealkylation sites (tertiary alicyclic amines) is 1. The van der Waals surface area contributed by atoms with Gasteiger partial charge in [0.15, 0.2) is 0 Å². The normalized spacial score (nSPS) is 24.3. The average Bonchev–Trinajstić information content (AvgIpc) is 2.37. The summed E-state index contributed by atoms with van der Waals surface area (Å²) in [7, 11) is 0. The largest absolute Gasteiger partial charge is 0.377 e. The molecule has 3 heteroatoms. The van der Waals surface area contributed by atoms with Crippen molar-refractivity contribution < 1.29 is 4.74 Å². The lowest BCUT2D eigenvalue weighted by Crippen LogP contribution is -2.47. The van der Waals surface area contributed by atoms with E-state index in [0.717, 1.165) is 26.2 Å². The Morgan fingerprint density at radius 3 is 2.74 bits per heavy atom. The first kappa shape index (κ1) is 16.9. The average molecular weight is 270 g/mol. The number of hydrogen-bond acceptors (Lipinski definition) is 3. The van der Waals surface area contributed by atoms with Gasteiger partial charge in [-0.05, 0) is 44.7 Å². The first-order valence-corrected chi connectivity index (χ1v) is 8.18. The van der Waals surface area contributed by atoms with E-state index in [4.69, 9.17) is 4.74 Å². The van der Waals surface area contributed by atoms with Gasteiger partial charge in [-0.3, -0.25) is 0 Å². The number of ether oxygens (including phenoxy) is 1. The lowest BCUT2D eigenvalue weighted by Gasteiger charge is -2.39. The molecule has 0 aromatic heterocycles. The van der Waals surface area contributed by atoms with Crippen LogP contribution in [0.3, 0.4) is 0 Å². The van der Waals surface area contributed by atoms with Crippen molar-refractivity contribution in [3.05, 3.63) is 0 Å². The molecule has 0 aliphatic carbocycles. The van der Waals surface area contributed by atoms with E-state index in [2.05, 4.69) is 37.9 Å². The van der Waals surface area contributed by atoms with Crippen LogP contribution in [0.5, 0.6) is 0 Å². The Hall–Kier alpha value is -0.120. The minimum atomic E-state index is 0.402. The summed E-state index contributed by atoms with van der Waals surface area (Å²) in [5, 5.41) is 3.54. The molecule has 1 saturated heterocycles. The summed E-state index contributed by atoms with van der Waals surface area (Å²) < 4.78 is 5.81. The SMILES string of the molecule is CCCC(C)(CNCC)CN1CCCC(OCC)C1. The van der Waals surface area contributed by atoms with Gasteiger partial charge in [0.25, 0.3) is 0 Å². The molecule has 1 heterocycles. The van der Waals surface area contributed by atoms with Crippen LogP contribution in [0, 0.1) is 5.41 Å². The highest BCUT2D eigenvalue weighted by molar-refractivity contribution is 4.83. The summed E-state index contributed by atoms with van der Waals surface area (Å²) in [6.45, 7) is 15.7. The van der Waals surface area contributed by atoms with Gasteiger partial charge in [-0.2, -0.15) is 0 Å². The highest BCUT2D eigenvalue weighted by atomic mass is 16.5. The van der Waals surface area contributed by atoms with Crippen molar-refractivity contribution in [2.24, 2.45) is 5.41 Å². The Kier molecular flexibility index (Phi) is 7.96. The van der Waals surface area contributed by atoms with Crippen molar-refractivity contribution in [3.63, 3.8) is 0 Å². The minimum absolute atomic E-state index is 0.402. The van der Waals surface area contributed by atoms with Crippen LogP contribution in [0.1, 0.15) is 53.4 Å². The predicted octanol–water partition coefficient (Wildman–Crippen LogP) is 2.90. The van der Waals surface area contributed by atoms with E-state index in [9.17, 15) is 0 Å². The van der Waals surface area contributed by atoms with E-state index >= 15 is 0 Å². The molecule has 0 amide bonds. The molecule has 1 aliphatic rings. The number of piperidine rings is 1. The Morgan fingerprint density at radius 2 is 2.11 bits per heavy atom. The van der Waals surface area contributed by atoms with E-state index in [1.165, 1.54) is 38.8 Å². The summed E-state index contributed by atoms with van der Waals surface area (Å²) in [5.74, 6) is 0. The van der Waals surface area contributed by atoms with Gasteiger partial charge in [-0.25, -0.2) is 0 Å². The predicted molar refractivity (Wildman–Crippen MR) is 82.6 cm³/mol. The third kappa shape index (κ3) is 6.24. The zero-order valence-corrected chi connectivity index (χ0v) is 13.5. The zero-order valence-electron chi connectivity index (χ0n) is 13.5. The molecule has 1 fully saturated rings. The second kappa shape index (κ2) is 8.93. The highest BCUT2D eigenvalue weighted by Crippen LogP contribution is 2.26. The Labute approximate surface area is 120 Å². The van der Waals surface area contributed by atoms with Crippen LogP contribution < -0.4 is 5.32 Å². The summed E-state index contributed by atoms with van der Waals surface area (Å²) in [6, 6.07) is 0. The van der Waals surface area contributed by atoms with E-state index in [-0.39, 0.29) is 0 Å². The number of hydrogen-bond donors (Lipinski definition) is 1. The second-order valence-electron chi connectivity index (χ2n) is 6.30. The molecule has 0 saturated carbocycles. The Balaban J connectivity index is 2.47. The monoisotopic (exact) mass is 270 g/mol. The Morgan fingerprint density at radius 1 is 1.32 bits per heavy atom. The van der Waals surface area contributed by atoms with Crippen LogP contribution in [0.15, 0.2) is 0 Å². The molecule has 0 aromatic rings. The third-order valence-electron chi connectivity index (χ3n) is 4.13. The summed E-state index contributed by atoms with van der Waals surface area (Å²) in [4.78, 5) is 2.62. The lowest BCUT2D eigenvalue weighted by atomic mass is 9.84. The van der Waals surface area contributed by atoms with Gasteiger partial charge in [0, 0.05) is 26.2 Å². The molecule has 0 aromatic carbocycles. The van der Waals surface area contributed by atoms with E-state index in [1.807, 2.05) is 0 Å². The molecular weight excluding hydrogens is 236 g/mol. The maximum absolute atomic E-state index is 5.81. The fourth-order valence-electron chi connectivity index (χ4n) is 3.32. The Bertz CT molecular complexity index is 233. The molecular formula is C16H34N2O. The molecule has 114 valence electrons.